The topological polar surface area (TPSA) is 28.2 Å². The Balaban J connectivity index is 2.02. The monoisotopic (exact) mass is 261 g/mol. The summed E-state index contributed by atoms with van der Waals surface area (Å²) < 4.78 is 0. The van der Waals surface area contributed by atoms with E-state index >= 15 is 0 Å². The lowest BCUT2D eigenvalue weighted by molar-refractivity contribution is 0.588. The Morgan fingerprint density at radius 2 is 2.11 bits per heavy atom. The predicted molar refractivity (Wildman–Crippen MR) is 81.5 cm³/mol. The van der Waals surface area contributed by atoms with Crippen molar-refractivity contribution in [3.8, 4) is 0 Å². The van der Waals surface area contributed by atoms with Crippen LogP contribution in [0.25, 0.3) is 0 Å². The van der Waals surface area contributed by atoms with Gasteiger partial charge in [-0.15, -0.1) is 0 Å². The molecule has 2 unspecified atom stereocenters. The van der Waals surface area contributed by atoms with E-state index in [1.54, 1.807) is 0 Å². The highest BCUT2D eigenvalue weighted by molar-refractivity contribution is 5.42. The molecular formula is C16H27N3. The molecule has 0 saturated heterocycles. The molecule has 1 saturated carbocycles. The third kappa shape index (κ3) is 4.20. The smallest absolute Gasteiger partial charge is 0.128 e. The van der Waals surface area contributed by atoms with Crippen LogP contribution in [-0.4, -0.2) is 24.6 Å². The van der Waals surface area contributed by atoms with Crippen molar-refractivity contribution in [2.45, 2.75) is 46.7 Å². The van der Waals surface area contributed by atoms with Crippen LogP contribution in [0.1, 0.15) is 38.4 Å². The average Bonchev–Trinajstić information content (AvgIpc) is 3.01. The van der Waals surface area contributed by atoms with E-state index in [1.807, 2.05) is 0 Å². The Morgan fingerprint density at radius 1 is 1.42 bits per heavy atom. The molecular weight excluding hydrogens is 234 g/mol. The van der Waals surface area contributed by atoms with Crippen molar-refractivity contribution in [3.05, 3.63) is 23.4 Å². The fraction of sp³-hybridized carbons (Fsp3) is 0.688. The summed E-state index contributed by atoms with van der Waals surface area (Å²) in [7, 11) is 2.16. The molecule has 1 aliphatic carbocycles. The molecule has 1 N–H and O–H groups in total. The number of anilines is 1. The van der Waals surface area contributed by atoms with Crippen molar-refractivity contribution in [1.29, 1.82) is 0 Å². The molecule has 1 aliphatic rings. The van der Waals surface area contributed by atoms with Gasteiger partial charge in [0.15, 0.2) is 0 Å². The second-order valence-corrected chi connectivity index (χ2v) is 6.36. The van der Waals surface area contributed by atoms with E-state index in [-0.39, 0.29) is 0 Å². The maximum absolute atomic E-state index is 4.66. The first-order valence-electron chi connectivity index (χ1n) is 7.37. The van der Waals surface area contributed by atoms with Gasteiger partial charge in [0.1, 0.15) is 5.82 Å². The second-order valence-electron chi connectivity index (χ2n) is 6.36. The molecule has 0 amide bonds. The van der Waals surface area contributed by atoms with E-state index in [0.29, 0.717) is 6.04 Å². The van der Waals surface area contributed by atoms with Crippen LogP contribution in [-0.2, 0) is 6.54 Å². The summed E-state index contributed by atoms with van der Waals surface area (Å²) in [5, 5.41) is 3.47. The first kappa shape index (κ1) is 14.3. The fourth-order valence-corrected chi connectivity index (χ4v) is 2.44. The first-order chi connectivity index (χ1) is 8.95. The van der Waals surface area contributed by atoms with Gasteiger partial charge < -0.3 is 10.2 Å². The van der Waals surface area contributed by atoms with Crippen molar-refractivity contribution >= 4 is 5.82 Å². The van der Waals surface area contributed by atoms with Crippen LogP contribution in [0.5, 0.6) is 0 Å². The normalized spacial score (nSPS) is 21.8. The molecule has 1 fully saturated rings. The number of hydrogen-bond acceptors (Lipinski definition) is 3. The quantitative estimate of drug-likeness (QED) is 0.853. The molecule has 3 nitrogen and oxygen atoms in total. The first-order valence-corrected chi connectivity index (χ1v) is 7.37. The van der Waals surface area contributed by atoms with Gasteiger partial charge in [0.2, 0.25) is 0 Å². The van der Waals surface area contributed by atoms with Crippen LogP contribution < -0.4 is 10.2 Å². The zero-order valence-electron chi connectivity index (χ0n) is 12.9. The van der Waals surface area contributed by atoms with Crippen LogP contribution in [0.2, 0.25) is 0 Å². The van der Waals surface area contributed by atoms with Gasteiger partial charge in [-0.3, -0.25) is 0 Å². The van der Waals surface area contributed by atoms with E-state index in [1.165, 1.54) is 12.0 Å². The minimum atomic E-state index is 0.516. The zero-order chi connectivity index (χ0) is 14.0. The maximum Gasteiger partial charge on any atom is 0.128 e. The van der Waals surface area contributed by atoms with Gasteiger partial charge in [0.05, 0.1) is 0 Å². The van der Waals surface area contributed by atoms with Crippen molar-refractivity contribution in [3.63, 3.8) is 0 Å². The zero-order valence-corrected chi connectivity index (χ0v) is 12.9. The van der Waals surface area contributed by atoms with Gasteiger partial charge in [-0.05, 0) is 42.9 Å². The molecule has 3 heteroatoms. The average molecular weight is 261 g/mol. The van der Waals surface area contributed by atoms with E-state index in [0.717, 1.165) is 36.4 Å². The molecule has 2 atom stereocenters. The van der Waals surface area contributed by atoms with E-state index in [4.69, 9.17) is 0 Å². The SMILES string of the molecule is Cc1cc(CNC(C)C)cc(N(C)CC2CC2C)n1. The third-order valence-corrected chi connectivity index (χ3v) is 3.89. The van der Waals surface area contributed by atoms with Crippen LogP contribution in [0, 0.1) is 18.8 Å². The van der Waals surface area contributed by atoms with Gasteiger partial charge in [-0.25, -0.2) is 4.98 Å². The molecule has 0 radical (unpaired) electrons. The van der Waals surface area contributed by atoms with Gasteiger partial charge in [0, 0.05) is 31.9 Å². The lowest BCUT2D eigenvalue weighted by atomic mass is 10.2. The van der Waals surface area contributed by atoms with Crippen molar-refractivity contribution in [1.82, 2.24) is 10.3 Å². The standard InChI is InChI=1S/C16H27N3/c1-11(2)17-9-14-7-13(4)18-16(8-14)19(5)10-15-6-12(15)3/h7-8,11-12,15,17H,6,9-10H2,1-5H3. The Labute approximate surface area is 117 Å². The molecule has 19 heavy (non-hydrogen) atoms. The summed E-state index contributed by atoms with van der Waals surface area (Å²) >= 11 is 0. The van der Waals surface area contributed by atoms with Crippen molar-refractivity contribution in [2.24, 2.45) is 11.8 Å². The molecule has 1 aromatic rings. The molecule has 1 heterocycles. The highest BCUT2D eigenvalue weighted by atomic mass is 15.2. The van der Waals surface area contributed by atoms with Crippen LogP contribution in [0.4, 0.5) is 5.82 Å². The highest BCUT2D eigenvalue weighted by Gasteiger charge is 2.33. The van der Waals surface area contributed by atoms with Gasteiger partial charge in [-0.2, -0.15) is 0 Å². The molecule has 0 bridgehead atoms. The minimum Gasteiger partial charge on any atom is -0.359 e. The van der Waals surface area contributed by atoms with Gasteiger partial charge in [-0.1, -0.05) is 20.8 Å². The number of hydrogen-bond donors (Lipinski definition) is 1. The van der Waals surface area contributed by atoms with Crippen LogP contribution in [0.15, 0.2) is 12.1 Å². The summed E-state index contributed by atoms with van der Waals surface area (Å²) in [6.45, 7) is 10.8. The molecule has 0 aromatic carbocycles. The minimum absolute atomic E-state index is 0.516. The second kappa shape index (κ2) is 5.91. The molecule has 1 aromatic heterocycles. The largest absolute Gasteiger partial charge is 0.359 e. The number of pyridine rings is 1. The predicted octanol–water partition coefficient (Wildman–Crippen LogP) is 2.98. The number of aryl methyl sites for hydroxylation is 1. The Kier molecular flexibility index (Phi) is 4.46. The maximum atomic E-state index is 4.66. The number of aromatic nitrogens is 1. The summed E-state index contributed by atoms with van der Waals surface area (Å²) in [5.74, 6) is 2.87. The summed E-state index contributed by atoms with van der Waals surface area (Å²) in [6.07, 6.45) is 1.37. The molecule has 0 aliphatic heterocycles. The Hall–Kier alpha value is -1.09. The van der Waals surface area contributed by atoms with E-state index in [2.05, 4.69) is 62.1 Å². The fourth-order valence-electron chi connectivity index (χ4n) is 2.44. The van der Waals surface area contributed by atoms with Crippen LogP contribution >= 0.6 is 0 Å². The van der Waals surface area contributed by atoms with Crippen molar-refractivity contribution < 1.29 is 0 Å². The summed E-state index contributed by atoms with van der Waals surface area (Å²) in [5.41, 5.74) is 2.43. The van der Waals surface area contributed by atoms with E-state index in [9.17, 15) is 0 Å². The molecule has 0 spiro atoms. The van der Waals surface area contributed by atoms with Crippen LogP contribution in [0.3, 0.4) is 0 Å². The lowest BCUT2D eigenvalue weighted by Gasteiger charge is -2.20. The number of nitrogens with one attached hydrogen (secondary N) is 1. The van der Waals surface area contributed by atoms with Gasteiger partial charge in [0.25, 0.3) is 0 Å². The summed E-state index contributed by atoms with van der Waals surface area (Å²) in [4.78, 5) is 6.97. The Morgan fingerprint density at radius 3 is 2.68 bits per heavy atom. The van der Waals surface area contributed by atoms with Crippen molar-refractivity contribution in [2.75, 3.05) is 18.5 Å². The lowest BCUT2D eigenvalue weighted by Crippen LogP contribution is -2.24. The Bertz CT molecular complexity index is 428. The molecule has 106 valence electrons. The number of rotatable bonds is 6. The molecule has 2 rings (SSSR count). The van der Waals surface area contributed by atoms with Gasteiger partial charge >= 0.3 is 0 Å². The number of nitrogens with zero attached hydrogens (tertiary/aromatic N) is 2. The highest BCUT2D eigenvalue weighted by Crippen LogP contribution is 2.38. The summed E-state index contributed by atoms with van der Waals surface area (Å²) in [6, 6.07) is 4.91. The third-order valence-electron chi connectivity index (χ3n) is 3.89. The van der Waals surface area contributed by atoms with E-state index < -0.39 is 0 Å².